The molecule has 0 spiro atoms. The Morgan fingerprint density at radius 1 is 1.39 bits per heavy atom. The Kier molecular flexibility index (Phi) is 5.23. The number of amides is 2. The van der Waals surface area contributed by atoms with Crippen LogP contribution < -0.4 is 4.90 Å². The van der Waals surface area contributed by atoms with E-state index in [1.165, 1.54) is 0 Å². The zero-order valence-electron chi connectivity index (χ0n) is 13.4. The molecule has 5 nitrogen and oxygen atoms in total. The Labute approximate surface area is 141 Å². The fourth-order valence-corrected chi connectivity index (χ4v) is 3.89. The summed E-state index contributed by atoms with van der Waals surface area (Å²) in [5, 5.41) is 0. The Morgan fingerprint density at radius 2 is 2.22 bits per heavy atom. The van der Waals surface area contributed by atoms with E-state index in [0.717, 1.165) is 17.0 Å². The van der Waals surface area contributed by atoms with Gasteiger partial charge in [0.2, 0.25) is 11.8 Å². The number of para-hydroxylation sites is 1. The van der Waals surface area contributed by atoms with Crippen LogP contribution in [-0.2, 0) is 14.3 Å². The second kappa shape index (κ2) is 7.36. The molecule has 0 saturated carbocycles. The van der Waals surface area contributed by atoms with Crippen LogP contribution in [0.4, 0.5) is 5.69 Å². The molecule has 1 atom stereocenters. The number of fused-ring (bicyclic) bond motifs is 1. The fraction of sp³-hybridized carbons (Fsp3) is 0.529. The lowest BCUT2D eigenvalue weighted by Gasteiger charge is -2.34. The summed E-state index contributed by atoms with van der Waals surface area (Å²) in [6.45, 7) is 4.43. The lowest BCUT2D eigenvalue weighted by molar-refractivity contribution is -0.138. The summed E-state index contributed by atoms with van der Waals surface area (Å²) in [5.41, 5.74) is 0.926. The normalized spacial score (nSPS) is 21.3. The molecule has 0 radical (unpaired) electrons. The van der Waals surface area contributed by atoms with Crippen LogP contribution in [0.1, 0.15) is 19.8 Å². The standard InChI is InChI=1S/C17H22N2O3S/c1-2-13-11-18(9-10-22-13)16(20)7-8-19-14-5-3-4-6-15(14)23-12-17(19)21/h3-6,13H,2,7-12H2,1H3/t13-/m0/s1. The number of benzene rings is 1. The van der Waals surface area contributed by atoms with Gasteiger partial charge in [-0.05, 0) is 18.6 Å². The third kappa shape index (κ3) is 3.70. The van der Waals surface area contributed by atoms with Crippen molar-refractivity contribution in [2.24, 2.45) is 0 Å². The van der Waals surface area contributed by atoms with Crippen LogP contribution in [0.25, 0.3) is 0 Å². The summed E-state index contributed by atoms with van der Waals surface area (Å²) in [7, 11) is 0. The van der Waals surface area contributed by atoms with Gasteiger partial charge in [-0.1, -0.05) is 19.1 Å². The third-order valence-electron chi connectivity index (χ3n) is 4.30. The van der Waals surface area contributed by atoms with E-state index < -0.39 is 0 Å². The number of morpholine rings is 1. The first-order valence-electron chi connectivity index (χ1n) is 8.10. The van der Waals surface area contributed by atoms with Gasteiger partial charge < -0.3 is 14.5 Å². The monoisotopic (exact) mass is 334 g/mol. The molecule has 0 N–H and O–H groups in total. The van der Waals surface area contributed by atoms with Crippen LogP contribution >= 0.6 is 11.8 Å². The molecule has 2 aliphatic heterocycles. The van der Waals surface area contributed by atoms with Crippen LogP contribution in [0.2, 0.25) is 0 Å². The van der Waals surface area contributed by atoms with Crippen molar-refractivity contribution >= 4 is 29.3 Å². The lowest BCUT2D eigenvalue weighted by Crippen LogP contribution is -2.46. The molecule has 2 heterocycles. The Bertz CT molecular complexity index is 593. The molecule has 23 heavy (non-hydrogen) atoms. The van der Waals surface area contributed by atoms with Gasteiger partial charge in [-0.25, -0.2) is 0 Å². The van der Waals surface area contributed by atoms with E-state index in [1.807, 2.05) is 29.2 Å². The van der Waals surface area contributed by atoms with Crippen LogP contribution in [0, 0.1) is 0 Å². The number of thioether (sulfide) groups is 1. The highest BCUT2D eigenvalue weighted by Crippen LogP contribution is 2.34. The van der Waals surface area contributed by atoms with E-state index in [4.69, 9.17) is 4.74 Å². The number of carbonyl (C=O) groups is 2. The number of nitrogens with zero attached hydrogens (tertiary/aromatic N) is 2. The molecular formula is C17H22N2O3S. The Balaban J connectivity index is 1.61. The van der Waals surface area contributed by atoms with Gasteiger partial charge in [0, 0.05) is 31.0 Å². The molecule has 2 amide bonds. The summed E-state index contributed by atoms with van der Waals surface area (Å²) < 4.78 is 5.60. The smallest absolute Gasteiger partial charge is 0.237 e. The van der Waals surface area contributed by atoms with Crippen molar-refractivity contribution in [2.45, 2.75) is 30.8 Å². The molecule has 1 aromatic carbocycles. The van der Waals surface area contributed by atoms with Crippen molar-refractivity contribution in [1.29, 1.82) is 0 Å². The van der Waals surface area contributed by atoms with Crippen molar-refractivity contribution in [3.05, 3.63) is 24.3 Å². The van der Waals surface area contributed by atoms with E-state index in [1.54, 1.807) is 16.7 Å². The van der Waals surface area contributed by atoms with Crippen molar-refractivity contribution in [3.8, 4) is 0 Å². The van der Waals surface area contributed by atoms with Gasteiger partial charge in [0.25, 0.3) is 0 Å². The summed E-state index contributed by atoms with van der Waals surface area (Å²) in [4.78, 5) is 29.4. The average Bonchev–Trinajstić information content (AvgIpc) is 2.60. The molecule has 124 valence electrons. The number of ether oxygens (including phenoxy) is 1. The Morgan fingerprint density at radius 3 is 3.04 bits per heavy atom. The molecular weight excluding hydrogens is 312 g/mol. The number of anilines is 1. The van der Waals surface area contributed by atoms with Crippen molar-refractivity contribution in [2.75, 3.05) is 36.9 Å². The first-order valence-corrected chi connectivity index (χ1v) is 9.09. The van der Waals surface area contributed by atoms with Crippen molar-refractivity contribution in [3.63, 3.8) is 0 Å². The topological polar surface area (TPSA) is 49.9 Å². The predicted molar refractivity (Wildman–Crippen MR) is 90.7 cm³/mol. The van der Waals surface area contributed by atoms with Gasteiger partial charge in [0.05, 0.1) is 24.2 Å². The van der Waals surface area contributed by atoms with Gasteiger partial charge in [0.15, 0.2) is 0 Å². The second-order valence-corrected chi connectivity index (χ2v) is 6.81. The third-order valence-corrected chi connectivity index (χ3v) is 5.35. The van der Waals surface area contributed by atoms with Gasteiger partial charge in [-0.15, -0.1) is 11.8 Å². The van der Waals surface area contributed by atoms with Gasteiger partial charge in [-0.3, -0.25) is 9.59 Å². The highest BCUT2D eigenvalue weighted by Gasteiger charge is 2.27. The van der Waals surface area contributed by atoms with E-state index >= 15 is 0 Å². The second-order valence-electron chi connectivity index (χ2n) is 5.79. The summed E-state index contributed by atoms with van der Waals surface area (Å²) in [5.74, 6) is 0.630. The fourth-order valence-electron chi connectivity index (χ4n) is 2.96. The summed E-state index contributed by atoms with van der Waals surface area (Å²) in [6, 6.07) is 7.88. The first-order chi connectivity index (χ1) is 11.2. The minimum Gasteiger partial charge on any atom is -0.375 e. The minimum atomic E-state index is 0.0786. The summed E-state index contributed by atoms with van der Waals surface area (Å²) >= 11 is 1.56. The molecule has 1 aromatic rings. The van der Waals surface area contributed by atoms with Crippen molar-refractivity contribution < 1.29 is 14.3 Å². The largest absolute Gasteiger partial charge is 0.375 e. The van der Waals surface area contributed by atoms with Crippen LogP contribution in [-0.4, -0.2) is 54.8 Å². The predicted octanol–water partition coefficient (Wildman–Crippen LogP) is 2.15. The van der Waals surface area contributed by atoms with E-state index in [-0.39, 0.29) is 17.9 Å². The zero-order valence-corrected chi connectivity index (χ0v) is 14.2. The molecule has 2 aliphatic rings. The van der Waals surface area contributed by atoms with E-state index in [0.29, 0.717) is 38.4 Å². The highest BCUT2D eigenvalue weighted by atomic mass is 32.2. The maximum atomic E-state index is 12.4. The maximum Gasteiger partial charge on any atom is 0.237 e. The van der Waals surface area contributed by atoms with Gasteiger partial charge in [-0.2, -0.15) is 0 Å². The van der Waals surface area contributed by atoms with E-state index in [9.17, 15) is 9.59 Å². The molecule has 6 heteroatoms. The quantitative estimate of drug-likeness (QED) is 0.847. The number of hydrogen-bond donors (Lipinski definition) is 0. The molecule has 1 saturated heterocycles. The summed E-state index contributed by atoms with van der Waals surface area (Å²) in [6.07, 6.45) is 1.42. The maximum absolute atomic E-state index is 12.4. The highest BCUT2D eigenvalue weighted by molar-refractivity contribution is 8.00. The molecule has 0 unspecified atom stereocenters. The molecule has 0 bridgehead atoms. The van der Waals surface area contributed by atoms with Crippen LogP contribution in [0.3, 0.4) is 0 Å². The average molecular weight is 334 g/mol. The van der Waals surface area contributed by atoms with Crippen molar-refractivity contribution in [1.82, 2.24) is 4.90 Å². The number of rotatable bonds is 4. The molecule has 0 aromatic heterocycles. The minimum absolute atomic E-state index is 0.0786. The number of carbonyl (C=O) groups excluding carboxylic acids is 2. The SMILES string of the molecule is CC[C@H]1CN(C(=O)CCN2C(=O)CSc3ccccc32)CCO1. The van der Waals surface area contributed by atoms with Crippen LogP contribution in [0.5, 0.6) is 0 Å². The lowest BCUT2D eigenvalue weighted by atomic mass is 10.2. The van der Waals surface area contributed by atoms with Crippen LogP contribution in [0.15, 0.2) is 29.2 Å². The zero-order chi connectivity index (χ0) is 16.2. The van der Waals surface area contributed by atoms with Gasteiger partial charge >= 0.3 is 0 Å². The molecule has 1 fully saturated rings. The van der Waals surface area contributed by atoms with E-state index in [2.05, 4.69) is 6.92 Å². The Hall–Kier alpha value is -1.53. The first kappa shape index (κ1) is 16.3. The number of hydrogen-bond acceptors (Lipinski definition) is 4. The molecule has 0 aliphatic carbocycles. The van der Waals surface area contributed by atoms with Gasteiger partial charge in [0.1, 0.15) is 0 Å². The molecule has 3 rings (SSSR count).